The molecule has 15 heavy (non-hydrogen) atoms. The van der Waals surface area contributed by atoms with E-state index >= 15 is 0 Å². The Kier molecular flexibility index (Phi) is 4.05. The zero-order chi connectivity index (χ0) is 11.3. The molecule has 0 aromatic carbocycles. The number of alkyl halides is 3. The Hall–Kier alpha value is -1.14. The number of hydrazine groups is 1. The normalized spacial score (nSPS) is 13.9. The van der Waals surface area contributed by atoms with Crippen molar-refractivity contribution in [1.82, 2.24) is 10.4 Å². The Labute approximate surface area is 85.5 Å². The molecule has 1 aromatic rings. The van der Waals surface area contributed by atoms with Gasteiger partial charge >= 0.3 is 6.18 Å². The summed E-state index contributed by atoms with van der Waals surface area (Å²) in [7, 11) is 0. The largest absolute Gasteiger partial charge is 0.390 e. The summed E-state index contributed by atoms with van der Waals surface area (Å²) in [5, 5.41) is 0. The summed E-state index contributed by atoms with van der Waals surface area (Å²) >= 11 is 0. The fraction of sp³-hybridized carbons (Fsp3) is 0.444. The quantitative estimate of drug-likeness (QED) is 0.594. The minimum atomic E-state index is -4.22. The Morgan fingerprint density at radius 3 is 2.60 bits per heavy atom. The lowest BCUT2D eigenvalue weighted by atomic mass is 10.1. The average molecular weight is 219 g/mol. The lowest BCUT2D eigenvalue weighted by molar-refractivity contribution is -0.140. The monoisotopic (exact) mass is 219 g/mol. The topological polar surface area (TPSA) is 50.9 Å². The molecule has 84 valence electrons. The van der Waals surface area contributed by atoms with E-state index in [2.05, 4.69) is 10.4 Å². The van der Waals surface area contributed by atoms with Crippen LogP contribution in [0.15, 0.2) is 24.4 Å². The van der Waals surface area contributed by atoms with Crippen molar-refractivity contribution in [3.8, 4) is 0 Å². The van der Waals surface area contributed by atoms with Gasteiger partial charge in [-0.3, -0.25) is 16.3 Å². The smallest absolute Gasteiger partial charge is 0.271 e. The van der Waals surface area contributed by atoms with E-state index in [4.69, 9.17) is 5.84 Å². The highest BCUT2D eigenvalue weighted by Crippen LogP contribution is 2.22. The van der Waals surface area contributed by atoms with Crippen LogP contribution in [0.1, 0.15) is 12.1 Å². The zero-order valence-corrected chi connectivity index (χ0v) is 7.96. The Morgan fingerprint density at radius 1 is 1.40 bits per heavy atom. The van der Waals surface area contributed by atoms with Gasteiger partial charge in [-0.25, -0.2) is 0 Å². The highest BCUT2D eigenvalue weighted by Gasteiger charge is 2.31. The van der Waals surface area contributed by atoms with E-state index in [0.717, 1.165) is 0 Å². The van der Waals surface area contributed by atoms with Gasteiger partial charge in [0.2, 0.25) is 0 Å². The zero-order valence-electron chi connectivity index (χ0n) is 7.96. The number of nitrogens with zero attached hydrogens (tertiary/aromatic N) is 1. The van der Waals surface area contributed by atoms with Crippen molar-refractivity contribution < 1.29 is 13.2 Å². The van der Waals surface area contributed by atoms with Crippen LogP contribution in [-0.2, 0) is 6.42 Å². The molecule has 0 saturated carbocycles. The molecule has 0 amide bonds. The van der Waals surface area contributed by atoms with Gasteiger partial charge in [0.15, 0.2) is 0 Å². The lowest BCUT2D eigenvalue weighted by Crippen LogP contribution is -2.40. The van der Waals surface area contributed by atoms with Gasteiger partial charge in [-0.1, -0.05) is 6.07 Å². The molecule has 3 N–H and O–H groups in total. The third-order valence-corrected chi connectivity index (χ3v) is 1.90. The molecule has 0 bridgehead atoms. The maximum absolute atomic E-state index is 12.1. The van der Waals surface area contributed by atoms with E-state index < -0.39 is 18.6 Å². The van der Waals surface area contributed by atoms with Gasteiger partial charge < -0.3 is 0 Å². The van der Waals surface area contributed by atoms with Crippen LogP contribution in [-0.4, -0.2) is 17.2 Å². The van der Waals surface area contributed by atoms with Gasteiger partial charge in [0.25, 0.3) is 0 Å². The van der Waals surface area contributed by atoms with Crippen LogP contribution in [0.3, 0.4) is 0 Å². The first kappa shape index (κ1) is 11.9. The number of hydrogen-bond donors (Lipinski definition) is 2. The van der Waals surface area contributed by atoms with Crippen molar-refractivity contribution in [3.63, 3.8) is 0 Å². The SMILES string of the molecule is NNC(Cc1ccccn1)CC(F)(F)F. The predicted octanol–water partition coefficient (Wildman–Crippen LogP) is 1.41. The van der Waals surface area contributed by atoms with Crippen LogP contribution < -0.4 is 11.3 Å². The van der Waals surface area contributed by atoms with E-state index in [1.165, 1.54) is 6.20 Å². The molecule has 3 nitrogen and oxygen atoms in total. The van der Waals surface area contributed by atoms with Crippen molar-refractivity contribution in [1.29, 1.82) is 0 Å². The van der Waals surface area contributed by atoms with Crippen LogP contribution in [0.5, 0.6) is 0 Å². The van der Waals surface area contributed by atoms with Gasteiger partial charge in [0.1, 0.15) is 0 Å². The summed E-state index contributed by atoms with van der Waals surface area (Å²) in [6, 6.07) is 4.27. The van der Waals surface area contributed by atoms with Crippen molar-refractivity contribution in [2.75, 3.05) is 0 Å². The summed E-state index contributed by atoms with van der Waals surface area (Å²) in [4.78, 5) is 3.93. The molecule has 1 unspecified atom stereocenters. The predicted molar refractivity (Wildman–Crippen MR) is 49.7 cm³/mol. The maximum Gasteiger partial charge on any atom is 0.390 e. The van der Waals surface area contributed by atoms with Crippen molar-refractivity contribution in [2.45, 2.75) is 25.1 Å². The number of pyridine rings is 1. The minimum absolute atomic E-state index is 0.164. The van der Waals surface area contributed by atoms with Crippen molar-refractivity contribution in [3.05, 3.63) is 30.1 Å². The first-order valence-corrected chi connectivity index (χ1v) is 4.44. The molecule has 0 aliphatic heterocycles. The molecule has 0 fully saturated rings. The highest BCUT2D eigenvalue weighted by molar-refractivity contribution is 5.05. The molecule has 1 heterocycles. The first-order chi connectivity index (χ1) is 7.01. The van der Waals surface area contributed by atoms with E-state index in [1.54, 1.807) is 18.2 Å². The standard InChI is InChI=1S/C9H12F3N3/c10-9(11,12)6-8(15-13)5-7-3-1-2-4-14-7/h1-4,8,15H,5-6,13H2. The number of halogens is 3. The summed E-state index contributed by atoms with van der Waals surface area (Å²) in [6.07, 6.45) is -3.47. The van der Waals surface area contributed by atoms with E-state index in [0.29, 0.717) is 5.69 Å². The second kappa shape index (κ2) is 5.09. The second-order valence-electron chi connectivity index (χ2n) is 3.21. The maximum atomic E-state index is 12.1. The summed E-state index contributed by atoms with van der Waals surface area (Å²) in [6.45, 7) is 0. The summed E-state index contributed by atoms with van der Waals surface area (Å²) < 4.78 is 36.2. The van der Waals surface area contributed by atoms with E-state index in [1.807, 2.05) is 0 Å². The van der Waals surface area contributed by atoms with Gasteiger partial charge in [-0.2, -0.15) is 13.2 Å². The van der Waals surface area contributed by atoms with Crippen LogP contribution >= 0.6 is 0 Å². The number of aromatic nitrogens is 1. The Balaban J connectivity index is 2.55. The molecule has 1 aromatic heterocycles. The molecule has 0 aliphatic carbocycles. The third-order valence-electron chi connectivity index (χ3n) is 1.90. The fourth-order valence-electron chi connectivity index (χ4n) is 1.24. The molecule has 6 heteroatoms. The van der Waals surface area contributed by atoms with Crippen molar-refractivity contribution >= 4 is 0 Å². The molecule has 1 rings (SSSR count). The van der Waals surface area contributed by atoms with Gasteiger partial charge in [0.05, 0.1) is 6.42 Å². The van der Waals surface area contributed by atoms with Gasteiger partial charge in [-0.05, 0) is 12.1 Å². The lowest BCUT2D eigenvalue weighted by Gasteiger charge is -2.17. The van der Waals surface area contributed by atoms with E-state index in [9.17, 15) is 13.2 Å². The molecule has 0 saturated heterocycles. The number of nitrogens with two attached hydrogens (primary N) is 1. The van der Waals surface area contributed by atoms with Crippen LogP contribution in [0.4, 0.5) is 13.2 Å². The average Bonchev–Trinajstić information content (AvgIpc) is 2.16. The second-order valence-corrected chi connectivity index (χ2v) is 3.21. The first-order valence-electron chi connectivity index (χ1n) is 4.44. The molecular formula is C9H12F3N3. The number of rotatable bonds is 4. The molecular weight excluding hydrogens is 207 g/mol. The molecule has 0 spiro atoms. The van der Waals surface area contributed by atoms with Crippen LogP contribution in [0, 0.1) is 0 Å². The molecule has 1 atom stereocenters. The molecule has 0 radical (unpaired) electrons. The summed E-state index contributed by atoms with van der Waals surface area (Å²) in [5.74, 6) is 5.05. The van der Waals surface area contributed by atoms with E-state index in [-0.39, 0.29) is 6.42 Å². The van der Waals surface area contributed by atoms with Crippen LogP contribution in [0.2, 0.25) is 0 Å². The highest BCUT2D eigenvalue weighted by atomic mass is 19.4. The Morgan fingerprint density at radius 2 is 2.13 bits per heavy atom. The van der Waals surface area contributed by atoms with Gasteiger partial charge in [-0.15, -0.1) is 0 Å². The summed E-state index contributed by atoms with van der Waals surface area (Å²) in [5.41, 5.74) is 2.73. The van der Waals surface area contributed by atoms with Crippen LogP contribution in [0.25, 0.3) is 0 Å². The molecule has 0 aliphatic rings. The number of hydrogen-bond acceptors (Lipinski definition) is 3. The minimum Gasteiger partial charge on any atom is -0.271 e. The Bertz CT molecular complexity index is 286. The van der Waals surface area contributed by atoms with Gasteiger partial charge in [0, 0.05) is 24.4 Å². The third kappa shape index (κ3) is 4.75. The fourth-order valence-corrected chi connectivity index (χ4v) is 1.24. The number of nitrogens with one attached hydrogen (secondary N) is 1. The van der Waals surface area contributed by atoms with Crippen molar-refractivity contribution in [2.24, 2.45) is 5.84 Å².